The fourth-order valence-corrected chi connectivity index (χ4v) is 2.05. The standard InChI is InChI=1S/C14H13N3O3/c1-8-11-5-4-10(18-2)6-9(11)7-12(15-8)13-16-14(19-3)20-17-13/h4-7H,1-3H3. The van der Waals surface area contributed by atoms with Crippen LogP contribution in [0.1, 0.15) is 5.69 Å². The minimum atomic E-state index is 0.116. The Morgan fingerprint density at radius 2 is 1.90 bits per heavy atom. The lowest BCUT2D eigenvalue weighted by molar-refractivity contribution is 0.250. The SMILES string of the molecule is COc1ccc2c(C)nc(-c3noc(OC)n3)cc2c1. The van der Waals surface area contributed by atoms with E-state index >= 15 is 0 Å². The van der Waals surface area contributed by atoms with Gasteiger partial charge in [0.1, 0.15) is 11.4 Å². The zero-order valence-electron chi connectivity index (χ0n) is 11.4. The summed E-state index contributed by atoms with van der Waals surface area (Å²) in [5.41, 5.74) is 1.53. The largest absolute Gasteiger partial charge is 0.497 e. The lowest BCUT2D eigenvalue weighted by Crippen LogP contribution is -1.92. The van der Waals surface area contributed by atoms with E-state index in [2.05, 4.69) is 15.1 Å². The van der Waals surface area contributed by atoms with Gasteiger partial charge in [-0.2, -0.15) is 4.98 Å². The molecule has 6 heteroatoms. The lowest BCUT2D eigenvalue weighted by Gasteiger charge is -2.06. The maximum absolute atomic E-state index is 5.24. The molecule has 0 aliphatic rings. The average molecular weight is 271 g/mol. The van der Waals surface area contributed by atoms with Crippen LogP contribution >= 0.6 is 0 Å². The summed E-state index contributed by atoms with van der Waals surface area (Å²) in [6.45, 7) is 1.94. The van der Waals surface area contributed by atoms with E-state index in [0.29, 0.717) is 11.5 Å². The molecule has 2 aromatic heterocycles. The summed E-state index contributed by atoms with van der Waals surface area (Å²) in [4.78, 5) is 8.59. The second-order valence-electron chi connectivity index (χ2n) is 4.27. The molecule has 0 bridgehead atoms. The lowest BCUT2D eigenvalue weighted by atomic mass is 10.1. The number of nitrogens with zero attached hydrogens (tertiary/aromatic N) is 3. The van der Waals surface area contributed by atoms with Gasteiger partial charge in [0, 0.05) is 11.1 Å². The maximum atomic E-state index is 5.24. The van der Waals surface area contributed by atoms with Crippen LogP contribution in [0.15, 0.2) is 28.8 Å². The molecule has 20 heavy (non-hydrogen) atoms. The first kappa shape index (κ1) is 12.4. The van der Waals surface area contributed by atoms with Crippen LogP contribution < -0.4 is 9.47 Å². The number of pyridine rings is 1. The van der Waals surface area contributed by atoms with Gasteiger partial charge in [-0.25, -0.2) is 4.98 Å². The number of rotatable bonds is 3. The van der Waals surface area contributed by atoms with Gasteiger partial charge in [-0.15, -0.1) is 0 Å². The van der Waals surface area contributed by atoms with E-state index in [1.54, 1.807) is 7.11 Å². The van der Waals surface area contributed by atoms with Crippen LogP contribution in [0.3, 0.4) is 0 Å². The van der Waals surface area contributed by atoms with Crippen molar-refractivity contribution in [1.29, 1.82) is 0 Å². The van der Waals surface area contributed by atoms with E-state index < -0.39 is 0 Å². The molecule has 102 valence electrons. The van der Waals surface area contributed by atoms with Crippen molar-refractivity contribution in [3.63, 3.8) is 0 Å². The van der Waals surface area contributed by atoms with Crippen molar-refractivity contribution >= 4 is 10.8 Å². The summed E-state index contributed by atoms with van der Waals surface area (Å²) in [5.74, 6) is 1.19. The van der Waals surface area contributed by atoms with Crippen LogP contribution in [0, 0.1) is 6.92 Å². The van der Waals surface area contributed by atoms with Gasteiger partial charge >= 0.3 is 6.08 Å². The molecule has 0 unspecified atom stereocenters. The van der Waals surface area contributed by atoms with Gasteiger partial charge in [-0.3, -0.25) is 4.52 Å². The number of benzene rings is 1. The Bertz CT molecular complexity index is 767. The minimum absolute atomic E-state index is 0.116. The summed E-state index contributed by atoms with van der Waals surface area (Å²) in [6, 6.07) is 7.74. The number of aryl methyl sites for hydroxylation is 1. The molecule has 0 N–H and O–H groups in total. The summed E-state index contributed by atoms with van der Waals surface area (Å²) >= 11 is 0. The zero-order valence-corrected chi connectivity index (χ0v) is 11.4. The van der Waals surface area contributed by atoms with Crippen LogP contribution in [0.5, 0.6) is 11.8 Å². The molecular weight excluding hydrogens is 258 g/mol. The summed E-state index contributed by atoms with van der Waals surface area (Å²) < 4.78 is 15.0. The molecule has 1 aromatic carbocycles. The van der Waals surface area contributed by atoms with Crippen molar-refractivity contribution in [3.05, 3.63) is 30.0 Å². The van der Waals surface area contributed by atoms with Gasteiger partial charge in [-0.1, -0.05) is 5.16 Å². The van der Waals surface area contributed by atoms with Crippen molar-refractivity contribution in [2.75, 3.05) is 14.2 Å². The molecule has 6 nitrogen and oxygen atoms in total. The van der Waals surface area contributed by atoms with Crippen molar-refractivity contribution in [3.8, 4) is 23.3 Å². The topological polar surface area (TPSA) is 70.3 Å². The number of hydrogen-bond acceptors (Lipinski definition) is 6. The number of hydrogen-bond donors (Lipinski definition) is 0. The van der Waals surface area contributed by atoms with Crippen LogP contribution in [0.25, 0.3) is 22.3 Å². The first-order valence-electron chi connectivity index (χ1n) is 6.04. The Balaban J connectivity index is 2.16. The van der Waals surface area contributed by atoms with E-state index in [0.717, 1.165) is 22.2 Å². The minimum Gasteiger partial charge on any atom is -0.497 e. The Morgan fingerprint density at radius 3 is 2.60 bits per heavy atom. The van der Waals surface area contributed by atoms with E-state index in [-0.39, 0.29) is 6.08 Å². The highest BCUT2D eigenvalue weighted by Gasteiger charge is 2.12. The summed E-state index contributed by atoms with van der Waals surface area (Å²) in [5, 5.41) is 5.91. The van der Waals surface area contributed by atoms with Gasteiger partial charge in [0.2, 0.25) is 5.82 Å². The quantitative estimate of drug-likeness (QED) is 0.729. The molecule has 2 heterocycles. The summed E-state index contributed by atoms with van der Waals surface area (Å²) in [6.07, 6.45) is 0.116. The van der Waals surface area contributed by atoms with Gasteiger partial charge in [-0.05, 0) is 36.6 Å². The Hall–Kier alpha value is -2.63. The molecule has 0 aliphatic carbocycles. The summed E-state index contributed by atoms with van der Waals surface area (Å²) in [7, 11) is 3.11. The predicted molar refractivity (Wildman–Crippen MR) is 72.9 cm³/mol. The van der Waals surface area contributed by atoms with Crippen molar-refractivity contribution in [2.24, 2.45) is 0 Å². The third kappa shape index (κ3) is 2.05. The first-order valence-corrected chi connectivity index (χ1v) is 6.04. The highest BCUT2D eigenvalue weighted by Crippen LogP contribution is 2.27. The fraction of sp³-hybridized carbons (Fsp3) is 0.214. The van der Waals surface area contributed by atoms with E-state index in [1.807, 2.05) is 31.2 Å². The van der Waals surface area contributed by atoms with Crippen LogP contribution in [0.2, 0.25) is 0 Å². The van der Waals surface area contributed by atoms with E-state index in [1.165, 1.54) is 7.11 Å². The second-order valence-corrected chi connectivity index (χ2v) is 4.27. The number of methoxy groups -OCH3 is 2. The maximum Gasteiger partial charge on any atom is 0.417 e. The molecule has 3 rings (SSSR count). The highest BCUT2D eigenvalue weighted by molar-refractivity contribution is 5.88. The first-order chi connectivity index (χ1) is 9.71. The second kappa shape index (κ2) is 4.80. The van der Waals surface area contributed by atoms with E-state index in [4.69, 9.17) is 14.0 Å². The van der Waals surface area contributed by atoms with Gasteiger partial charge in [0.05, 0.1) is 14.2 Å². The van der Waals surface area contributed by atoms with Crippen molar-refractivity contribution < 1.29 is 14.0 Å². The average Bonchev–Trinajstić information content (AvgIpc) is 2.95. The highest BCUT2D eigenvalue weighted by atomic mass is 16.6. The van der Waals surface area contributed by atoms with Crippen LogP contribution in [0.4, 0.5) is 0 Å². The Labute approximate surface area is 115 Å². The smallest absolute Gasteiger partial charge is 0.417 e. The monoisotopic (exact) mass is 271 g/mol. The van der Waals surface area contributed by atoms with Crippen molar-refractivity contribution in [2.45, 2.75) is 6.92 Å². The molecule has 0 radical (unpaired) electrons. The van der Waals surface area contributed by atoms with Crippen LogP contribution in [-0.4, -0.2) is 29.3 Å². The van der Waals surface area contributed by atoms with E-state index in [9.17, 15) is 0 Å². The molecular formula is C14H13N3O3. The number of fused-ring (bicyclic) bond motifs is 1. The normalized spacial score (nSPS) is 10.8. The molecule has 3 aromatic rings. The molecule has 0 aliphatic heterocycles. The molecule has 0 spiro atoms. The molecule has 0 amide bonds. The van der Waals surface area contributed by atoms with Crippen molar-refractivity contribution in [1.82, 2.24) is 15.1 Å². The molecule has 0 fully saturated rings. The van der Waals surface area contributed by atoms with Gasteiger partial charge in [0.25, 0.3) is 0 Å². The third-order valence-electron chi connectivity index (χ3n) is 3.04. The Morgan fingerprint density at radius 1 is 1.05 bits per heavy atom. The zero-order chi connectivity index (χ0) is 14.1. The van der Waals surface area contributed by atoms with Gasteiger partial charge < -0.3 is 9.47 Å². The molecule has 0 saturated carbocycles. The van der Waals surface area contributed by atoms with Gasteiger partial charge in [0.15, 0.2) is 0 Å². The third-order valence-corrected chi connectivity index (χ3v) is 3.04. The Kier molecular flexibility index (Phi) is 2.98. The molecule has 0 saturated heterocycles. The number of aromatic nitrogens is 3. The number of ether oxygens (including phenoxy) is 2. The van der Waals surface area contributed by atoms with Crippen LogP contribution in [-0.2, 0) is 0 Å². The predicted octanol–water partition coefficient (Wildman–Crippen LogP) is 2.61. The molecule has 0 atom stereocenters. The fourth-order valence-electron chi connectivity index (χ4n) is 2.05.